The summed E-state index contributed by atoms with van der Waals surface area (Å²) >= 11 is 0. The summed E-state index contributed by atoms with van der Waals surface area (Å²) in [7, 11) is 0. The first-order chi connectivity index (χ1) is 14.0. The van der Waals surface area contributed by atoms with E-state index < -0.39 is 0 Å². The molecule has 6 heteroatoms. The van der Waals surface area contributed by atoms with Crippen molar-refractivity contribution in [3.05, 3.63) is 78.2 Å². The Balaban J connectivity index is 1.62. The zero-order valence-electron chi connectivity index (χ0n) is 16.4. The van der Waals surface area contributed by atoms with Crippen LogP contribution in [0.4, 0.5) is 0 Å². The van der Waals surface area contributed by atoms with Gasteiger partial charge in [-0.25, -0.2) is 4.98 Å². The molecule has 2 aromatic heterocycles. The van der Waals surface area contributed by atoms with Crippen LogP contribution in [-0.2, 0) is 11.2 Å². The standard InChI is InChI=1S/C23H23N3O3/c1-3-22(27)25-11-12-26(18(15-25)13-17-7-5-4-6-8-17)23(28)21-14-19-20(29-21)10-9-16(2)24-19/h3-10,14,18H,1,11-13,15H2,2H3. The number of piperazine rings is 1. The molecule has 148 valence electrons. The van der Waals surface area contributed by atoms with Crippen molar-refractivity contribution >= 4 is 22.9 Å². The highest BCUT2D eigenvalue weighted by atomic mass is 16.3. The second kappa shape index (κ2) is 7.91. The van der Waals surface area contributed by atoms with E-state index in [1.165, 1.54) is 6.08 Å². The van der Waals surface area contributed by atoms with E-state index in [-0.39, 0.29) is 23.6 Å². The van der Waals surface area contributed by atoms with Crippen molar-refractivity contribution in [2.24, 2.45) is 0 Å². The molecule has 3 aromatic rings. The first-order valence-electron chi connectivity index (χ1n) is 9.68. The van der Waals surface area contributed by atoms with Gasteiger partial charge in [-0.2, -0.15) is 0 Å². The van der Waals surface area contributed by atoms with Crippen LogP contribution in [0.3, 0.4) is 0 Å². The molecule has 0 aliphatic carbocycles. The highest BCUT2D eigenvalue weighted by Gasteiger charge is 2.33. The first kappa shape index (κ1) is 18.9. The smallest absolute Gasteiger partial charge is 0.290 e. The zero-order valence-corrected chi connectivity index (χ0v) is 16.4. The summed E-state index contributed by atoms with van der Waals surface area (Å²) in [5, 5.41) is 0. The second-order valence-corrected chi connectivity index (χ2v) is 7.28. The molecule has 6 nitrogen and oxygen atoms in total. The summed E-state index contributed by atoms with van der Waals surface area (Å²) in [6, 6.07) is 15.2. The Morgan fingerprint density at radius 3 is 2.76 bits per heavy atom. The Morgan fingerprint density at radius 2 is 2.00 bits per heavy atom. The number of fused-ring (bicyclic) bond motifs is 1. The van der Waals surface area contributed by atoms with Crippen LogP contribution in [0.2, 0.25) is 0 Å². The number of amides is 2. The van der Waals surface area contributed by atoms with Crippen molar-refractivity contribution in [1.29, 1.82) is 0 Å². The fourth-order valence-electron chi connectivity index (χ4n) is 3.79. The van der Waals surface area contributed by atoms with Crippen LogP contribution in [0.1, 0.15) is 21.8 Å². The van der Waals surface area contributed by atoms with Crippen molar-refractivity contribution in [3.8, 4) is 0 Å². The number of aromatic nitrogens is 1. The number of carbonyl (C=O) groups excluding carboxylic acids is 2. The number of aryl methyl sites for hydroxylation is 1. The summed E-state index contributed by atoms with van der Waals surface area (Å²) in [5.74, 6) is -0.00878. The Labute approximate surface area is 169 Å². The molecular formula is C23H23N3O3. The minimum absolute atomic E-state index is 0.112. The number of carbonyl (C=O) groups is 2. The molecule has 0 saturated carbocycles. The molecule has 2 amide bonds. The van der Waals surface area contributed by atoms with Gasteiger partial charge in [0.05, 0.1) is 6.04 Å². The molecule has 0 bridgehead atoms. The Kier molecular flexibility index (Phi) is 5.16. The summed E-state index contributed by atoms with van der Waals surface area (Å²) in [5.41, 5.74) is 3.26. The van der Waals surface area contributed by atoms with Crippen molar-refractivity contribution < 1.29 is 14.0 Å². The van der Waals surface area contributed by atoms with Gasteiger partial charge in [-0.05, 0) is 37.1 Å². The molecule has 1 unspecified atom stereocenters. The lowest BCUT2D eigenvalue weighted by atomic mass is 10.0. The van der Waals surface area contributed by atoms with Crippen molar-refractivity contribution in [1.82, 2.24) is 14.8 Å². The monoisotopic (exact) mass is 389 g/mol. The minimum atomic E-state index is -0.174. The van der Waals surface area contributed by atoms with Crippen LogP contribution in [0.15, 0.2) is 65.6 Å². The van der Waals surface area contributed by atoms with Gasteiger partial charge in [0.2, 0.25) is 5.91 Å². The summed E-state index contributed by atoms with van der Waals surface area (Å²) in [6.45, 7) is 6.86. The summed E-state index contributed by atoms with van der Waals surface area (Å²) < 4.78 is 5.78. The van der Waals surface area contributed by atoms with Crippen LogP contribution in [0.25, 0.3) is 11.1 Å². The molecule has 0 radical (unpaired) electrons. The predicted octanol–water partition coefficient (Wildman–Crippen LogP) is 3.22. The van der Waals surface area contributed by atoms with Crippen LogP contribution in [-0.4, -0.2) is 52.3 Å². The molecule has 1 saturated heterocycles. The molecule has 1 aliphatic heterocycles. The highest BCUT2D eigenvalue weighted by Crippen LogP contribution is 2.23. The van der Waals surface area contributed by atoms with Crippen LogP contribution in [0, 0.1) is 6.92 Å². The van der Waals surface area contributed by atoms with Gasteiger partial charge in [-0.3, -0.25) is 9.59 Å². The Hall–Kier alpha value is -3.41. The fraction of sp³-hybridized carbons (Fsp3) is 0.261. The maximum absolute atomic E-state index is 13.3. The summed E-state index contributed by atoms with van der Waals surface area (Å²) in [4.78, 5) is 33.4. The van der Waals surface area contributed by atoms with Crippen LogP contribution in [0.5, 0.6) is 0 Å². The van der Waals surface area contributed by atoms with E-state index in [1.807, 2.05) is 54.3 Å². The molecule has 0 spiro atoms. The SMILES string of the molecule is C=CC(=O)N1CCN(C(=O)c2cc3nc(C)ccc3o2)C(Cc2ccccc2)C1. The van der Waals surface area contributed by atoms with E-state index in [9.17, 15) is 9.59 Å². The summed E-state index contributed by atoms with van der Waals surface area (Å²) in [6.07, 6.45) is 1.98. The molecule has 1 atom stereocenters. The average molecular weight is 389 g/mol. The molecule has 29 heavy (non-hydrogen) atoms. The van der Waals surface area contributed by atoms with Gasteiger partial charge in [-0.15, -0.1) is 0 Å². The molecule has 1 aromatic carbocycles. The van der Waals surface area contributed by atoms with E-state index in [2.05, 4.69) is 11.6 Å². The topological polar surface area (TPSA) is 66.7 Å². The van der Waals surface area contributed by atoms with Gasteiger partial charge in [0.15, 0.2) is 11.3 Å². The number of hydrogen-bond acceptors (Lipinski definition) is 4. The maximum atomic E-state index is 13.3. The number of benzene rings is 1. The number of furan rings is 1. The molecule has 0 N–H and O–H groups in total. The quantitative estimate of drug-likeness (QED) is 0.643. The third-order valence-electron chi connectivity index (χ3n) is 5.27. The third-order valence-corrected chi connectivity index (χ3v) is 5.27. The van der Waals surface area contributed by atoms with Crippen LogP contribution < -0.4 is 0 Å². The number of nitrogens with zero attached hydrogens (tertiary/aromatic N) is 3. The van der Waals surface area contributed by atoms with Gasteiger partial charge >= 0.3 is 0 Å². The zero-order chi connectivity index (χ0) is 20.4. The normalized spacial score (nSPS) is 16.8. The first-order valence-corrected chi connectivity index (χ1v) is 9.68. The van der Waals surface area contributed by atoms with Gasteiger partial charge in [0.25, 0.3) is 5.91 Å². The minimum Gasteiger partial charge on any atom is -0.449 e. The van der Waals surface area contributed by atoms with Gasteiger partial charge in [0, 0.05) is 31.4 Å². The van der Waals surface area contributed by atoms with Crippen molar-refractivity contribution in [3.63, 3.8) is 0 Å². The molecule has 1 aliphatic rings. The Bertz CT molecular complexity index is 1060. The van der Waals surface area contributed by atoms with Gasteiger partial charge < -0.3 is 14.2 Å². The number of rotatable bonds is 4. The lowest BCUT2D eigenvalue weighted by Gasteiger charge is -2.41. The lowest BCUT2D eigenvalue weighted by molar-refractivity contribution is -0.128. The van der Waals surface area contributed by atoms with E-state index >= 15 is 0 Å². The van der Waals surface area contributed by atoms with E-state index in [0.717, 1.165) is 11.3 Å². The highest BCUT2D eigenvalue weighted by molar-refractivity contribution is 5.96. The van der Waals surface area contributed by atoms with Crippen molar-refractivity contribution in [2.75, 3.05) is 19.6 Å². The average Bonchev–Trinajstić information content (AvgIpc) is 3.16. The molecule has 3 heterocycles. The van der Waals surface area contributed by atoms with E-state index in [1.54, 1.807) is 11.0 Å². The lowest BCUT2D eigenvalue weighted by Crippen LogP contribution is -2.57. The van der Waals surface area contributed by atoms with E-state index in [0.29, 0.717) is 37.2 Å². The third kappa shape index (κ3) is 3.92. The predicted molar refractivity (Wildman–Crippen MR) is 110 cm³/mol. The van der Waals surface area contributed by atoms with Crippen molar-refractivity contribution in [2.45, 2.75) is 19.4 Å². The largest absolute Gasteiger partial charge is 0.449 e. The molecule has 4 rings (SSSR count). The van der Waals surface area contributed by atoms with Gasteiger partial charge in [-0.1, -0.05) is 36.9 Å². The maximum Gasteiger partial charge on any atom is 0.290 e. The Morgan fingerprint density at radius 1 is 1.21 bits per heavy atom. The number of pyridine rings is 1. The van der Waals surface area contributed by atoms with Crippen LogP contribution >= 0.6 is 0 Å². The number of hydrogen-bond donors (Lipinski definition) is 0. The fourth-order valence-corrected chi connectivity index (χ4v) is 3.79. The molecular weight excluding hydrogens is 366 g/mol. The molecule has 1 fully saturated rings. The van der Waals surface area contributed by atoms with E-state index in [4.69, 9.17) is 4.42 Å². The second-order valence-electron chi connectivity index (χ2n) is 7.28. The van der Waals surface area contributed by atoms with Gasteiger partial charge in [0.1, 0.15) is 5.52 Å².